The lowest BCUT2D eigenvalue weighted by atomic mass is 10.1. The Bertz CT molecular complexity index is 237. The van der Waals surface area contributed by atoms with Gasteiger partial charge in [-0.25, -0.2) is 0 Å². The van der Waals surface area contributed by atoms with Crippen molar-refractivity contribution in [3.05, 3.63) is 21.9 Å². The van der Waals surface area contributed by atoms with Crippen molar-refractivity contribution in [2.45, 2.75) is 58.8 Å². The quantitative estimate of drug-likeness (QED) is 0.566. The summed E-state index contributed by atoms with van der Waals surface area (Å²) >= 11 is 2.02. The predicted octanol–water partition coefficient (Wildman–Crippen LogP) is 4.82. The number of rotatable bonds is 7. The predicted molar refractivity (Wildman–Crippen MR) is 66.2 cm³/mol. The molecule has 1 aromatic rings. The van der Waals surface area contributed by atoms with Gasteiger partial charge in [0.1, 0.15) is 0 Å². The molecular weight excluding hydrogens is 188 g/mol. The smallest absolute Gasteiger partial charge is 0.00481 e. The number of hydrogen-bond donors (Lipinski definition) is 0. The summed E-state index contributed by atoms with van der Waals surface area (Å²) in [5.74, 6) is 0. The van der Waals surface area contributed by atoms with E-state index < -0.39 is 0 Å². The molecule has 0 radical (unpaired) electrons. The second-order valence-corrected chi connectivity index (χ2v) is 5.18. The molecule has 0 fully saturated rings. The van der Waals surface area contributed by atoms with Crippen LogP contribution in [0, 0.1) is 0 Å². The molecule has 0 saturated heterocycles. The highest BCUT2D eigenvalue weighted by Gasteiger charge is 1.98. The molecule has 0 bridgehead atoms. The van der Waals surface area contributed by atoms with Gasteiger partial charge < -0.3 is 0 Å². The monoisotopic (exact) mass is 210 g/mol. The van der Waals surface area contributed by atoms with Crippen LogP contribution in [-0.4, -0.2) is 0 Å². The normalized spacial score (nSPS) is 10.7. The van der Waals surface area contributed by atoms with Gasteiger partial charge in [-0.1, -0.05) is 39.5 Å². The molecule has 0 atom stereocenters. The zero-order valence-corrected chi connectivity index (χ0v) is 10.3. The standard InChI is InChI=1S/C13H22S/c1-3-5-6-7-9-13-11-10-12(14-13)8-4-2/h10-11H,3-9H2,1-2H3. The number of hydrogen-bond acceptors (Lipinski definition) is 1. The molecule has 0 aliphatic heterocycles. The van der Waals surface area contributed by atoms with Crippen LogP contribution >= 0.6 is 11.3 Å². The third-order valence-corrected chi connectivity index (χ3v) is 3.70. The SMILES string of the molecule is CCCCCCc1ccc(CCC)s1. The van der Waals surface area contributed by atoms with E-state index in [1.165, 1.54) is 44.9 Å². The van der Waals surface area contributed by atoms with E-state index in [4.69, 9.17) is 0 Å². The Morgan fingerprint density at radius 1 is 0.857 bits per heavy atom. The maximum Gasteiger partial charge on any atom is 0.00481 e. The van der Waals surface area contributed by atoms with E-state index in [1.807, 2.05) is 11.3 Å². The fraction of sp³-hybridized carbons (Fsp3) is 0.692. The zero-order valence-electron chi connectivity index (χ0n) is 9.51. The van der Waals surface area contributed by atoms with Gasteiger partial charge in [0.15, 0.2) is 0 Å². The Morgan fingerprint density at radius 2 is 1.57 bits per heavy atom. The first-order valence-electron chi connectivity index (χ1n) is 5.94. The van der Waals surface area contributed by atoms with Crippen molar-refractivity contribution in [3.8, 4) is 0 Å². The Labute approximate surface area is 92.4 Å². The fourth-order valence-electron chi connectivity index (χ4n) is 1.66. The van der Waals surface area contributed by atoms with Gasteiger partial charge in [-0.15, -0.1) is 11.3 Å². The van der Waals surface area contributed by atoms with Crippen LogP contribution in [0.3, 0.4) is 0 Å². The molecule has 0 aliphatic rings. The van der Waals surface area contributed by atoms with Crippen LogP contribution in [-0.2, 0) is 12.8 Å². The summed E-state index contributed by atoms with van der Waals surface area (Å²) in [6, 6.07) is 4.63. The summed E-state index contributed by atoms with van der Waals surface area (Å²) < 4.78 is 0. The lowest BCUT2D eigenvalue weighted by Crippen LogP contribution is -1.80. The molecule has 0 nitrogen and oxygen atoms in total. The molecule has 80 valence electrons. The topological polar surface area (TPSA) is 0 Å². The van der Waals surface area contributed by atoms with E-state index in [1.54, 1.807) is 9.75 Å². The van der Waals surface area contributed by atoms with Crippen molar-refractivity contribution in [3.63, 3.8) is 0 Å². The third-order valence-electron chi connectivity index (χ3n) is 2.49. The third kappa shape index (κ3) is 4.28. The molecule has 1 heteroatoms. The summed E-state index contributed by atoms with van der Waals surface area (Å²) in [5.41, 5.74) is 0. The molecule has 1 aromatic heterocycles. The Morgan fingerprint density at radius 3 is 2.21 bits per heavy atom. The number of unbranched alkanes of at least 4 members (excludes halogenated alkanes) is 3. The van der Waals surface area contributed by atoms with Crippen LogP contribution in [0.1, 0.15) is 55.7 Å². The van der Waals surface area contributed by atoms with Crippen molar-refractivity contribution < 1.29 is 0 Å². The Kier molecular flexibility index (Phi) is 5.93. The lowest BCUT2D eigenvalue weighted by Gasteiger charge is -1.96. The fourth-order valence-corrected chi connectivity index (χ4v) is 2.82. The van der Waals surface area contributed by atoms with Gasteiger partial charge in [0, 0.05) is 9.75 Å². The van der Waals surface area contributed by atoms with Gasteiger partial charge in [-0.2, -0.15) is 0 Å². The minimum atomic E-state index is 1.26. The molecule has 0 N–H and O–H groups in total. The molecule has 1 heterocycles. The summed E-state index contributed by atoms with van der Waals surface area (Å²) in [6.45, 7) is 4.52. The molecule has 0 amide bonds. The van der Waals surface area contributed by atoms with Crippen LogP contribution in [0.25, 0.3) is 0 Å². The highest BCUT2D eigenvalue weighted by molar-refractivity contribution is 7.11. The van der Waals surface area contributed by atoms with Gasteiger partial charge in [0.25, 0.3) is 0 Å². The minimum Gasteiger partial charge on any atom is -0.145 e. The summed E-state index contributed by atoms with van der Waals surface area (Å²) in [4.78, 5) is 3.16. The van der Waals surface area contributed by atoms with Crippen molar-refractivity contribution in [1.82, 2.24) is 0 Å². The maximum atomic E-state index is 2.32. The lowest BCUT2D eigenvalue weighted by molar-refractivity contribution is 0.670. The van der Waals surface area contributed by atoms with Crippen LogP contribution in [0.15, 0.2) is 12.1 Å². The average molecular weight is 210 g/mol. The van der Waals surface area contributed by atoms with Crippen LogP contribution in [0.5, 0.6) is 0 Å². The van der Waals surface area contributed by atoms with E-state index in [9.17, 15) is 0 Å². The Hall–Kier alpha value is -0.300. The van der Waals surface area contributed by atoms with Crippen LogP contribution in [0.2, 0.25) is 0 Å². The molecule has 0 spiro atoms. The van der Waals surface area contributed by atoms with Crippen LogP contribution < -0.4 is 0 Å². The number of aryl methyl sites for hydroxylation is 2. The molecule has 1 rings (SSSR count). The van der Waals surface area contributed by atoms with E-state index in [2.05, 4.69) is 26.0 Å². The van der Waals surface area contributed by atoms with E-state index in [-0.39, 0.29) is 0 Å². The second-order valence-electron chi connectivity index (χ2n) is 3.93. The summed E-state index contributed by atoms with van der Waals surface area (Å²) in [6.07, 6.45) is 9.35. The minimum absolute atomic E-state index is 1.26. The molecule has 0 aromatic carbocycles. The van der Waals surface area contributed by atoms with Gasteiger partial charge >= 0.3 is 0 Å². The molecular formula is C13H22S. The molecule has 0 aliphatic carbocycles. The average Bonchev–Trinajstić information content (AvgIpc) is 2.61. The van der Waals surface area contributed by atoms with Crippen LogP contribution in [0.4, 0.5) is 0 Å². The van der Waals surface area contributed by atoms with E-state index in [0.29, 0.717) is 0 Å². The zero-order chi connectivity index (χ0) is 10.2. The first kappa shape index (κ1) is 11.8. The van der Waals surface area contributed by atoms with Gasteiger partial charge in [-0.05, 0) is 31.4 Å². The highest BCUT2D eigenvalue weighted by atomic mass is 32.1. The largest absolute Gasteiger partial charge is 0.145 e. The Balaban J connectivity index is 2.22. The molecule has 0 unspecified atom stereocenters. The maximum absolute atomic E-state index is 2.32. The summed E-state index contributed by atoms with van der Waals surface area (Å²) in [7, 11) is 0. The van der Waals surface area contributed by atoms with Crippen molar-refractivity contribution in [2.24, 2.45) is 0 Å². The molecule has 14 heavy (non-hydrogen) atoms. The first-order chi connectivity index (χ1) is 6.86. The van der Waals surface area contributed by atoms with Gasteiger partial charge in [0.05, 0.1) is 0 Å². The van der Waals surface area contributed by atoms with Crippen molar-refractivity contribution in [1.29, 1.82) is 0 Å². The van der Waals surface area contributed by atoms with Crippen molar-refractivity contribution >= 4 is 11.3 Å². The van der Waals surface area contributed by atoms with E-state index >= 15 is 0 Å². The first-order valence-corrected chi connectivity index (χ1v) is 6.76. The van der Waals surface area contributed by atoms with Gasteiger partial charge in [-0.3, -0.25) is 0 Å². The second kappa shape index (κ2) is 7.05. The van der Waals surface area contributed by atoms with E-state index in [0.717, 1.165) is 0 Å². The molecule has 0 saturated carbocycles. The number of thiophene rings is 1. The van der Waals surface area contributed by atoms with Gasteiger partial charge in [0.2, 0.25) is 0 Å². The summed E-state index contributed by atoms with van der Waals surface area (Å²) in [5, 5.41) is 0. The highest BCUT2D eigenvalue weighted by Crippen LogP contribution is 2.20. The van der Waals surface area contributed by atoms with Crippen molar-refractivity contribution in [2.75, 3.05) is 0 Å².